The van der Waals surface area contributed by atoms with E-state index in [-0.39, 0.29) is 10.8 Å². The molecule has 0 aliphatic carbocycles. The Labute approximate surface area is 255 Å². The lowest BCUT2D eigenvalue weighted by molar-refractivity contribution is 0.326. The highest BCUT2D eigenvalue weighted by Gasteiger charge is 2.20. The fraction of sp³-hybridized carbons (Fsp3) is 0.647. The second kappa shape index (κ2) is 15.5. The lowest BCUT2D eigenvalue weighted by atomic mass is 9.84. The molecule has 0 atom stereocenters. The number of phenols is 2. The van der Waals surface area contributed by atoms with Crippen LogP contribution in [0.2, 0.25) is 0 Å². The number of fused-ring (bicyclic) bond motifs is 4. The normalized spacial score (nSPS) is 18.9. The minimum atomic E-state index is 0.00564. The van der Waals surface area contributed by atoms with Crippen LogP contribution in [0.4, 0.5) is 0 Å². The molecule has 3 rings (SSSR count). The maximum atomic E-state index is 11.1. The molecule has 2 aromatic carbocycles. The van der Waals surface area contributed by atoms with Crippen molar-refractivity contribution < 1.29 is 10.2 Å². The summed E-state index contributed by atoms with van der Waals surface area (Å²) in [5.74, 6) is 0.794. The highest BCUT2D eigenvalue weighted by atomic mass is 16.3. The van der Waals surface area contributed by atoms with Crippen molar-refractivity contribution in [1.29, 1.82) is 0 Å². The fourth-order valence-corrected chi connectivity index (χ4v) is 5.12. The first-order valence-electron chi connectivity index (χ1n) is 15.7. The van der Waals surface area contributed by atoms with Gasteiger partial charge in [0.25, 0.3) is 0 Å². The summed E-state index contributed by atoms with van der Waals surface area (Å²) in [4.78, 5) is 4.61. The van der Waals surface area contributed by atoms with Crippen molar-refractivity contribution in [3.8, 4) is 11.5 Å². The van der Waals surface area contributed by atoms with Crippen molar-refractivity contribution >= 4 is 0 Å². The maximum absolute atomic E-state index is 11.1. The first kappa shape index (κ1) is 34.3. The first-order valence-corrected chi connectivity index (χ1v) is 15.7. The summed E-state index contributed by atoms with van der Waals surface area (Å²) in [6, 6.07) is 8.61. The van der Waals surface area contributed by atoms with E-state index < -0.39 is 0 Å². The number of nitrogens with zero attached hydrogens (tertiary/aromatic N) is 2. The number of phenolic OH excluding ortho intramolecular Hbond substituents is 2. The van der Waals surface area contributed by atoms with Crippen LogP contribution in [0.25, 0.3) is 0 Å². The fourth-order valence-electron chi connectivity index (χ4n) is 5.12. The molecule has 8 nitrogen and oxygen atoms in total. The van der Waals surface area contributed by atoms with Crippen LogP contribution < -0.4 is 21.3 Å². The molecule has 0 unspecified atom stereocenters. The molecule has 1 heterocycles. The molecule has 6 N–H and O–H groups in total. The van der Waals surface area contributed by atoms with Gasteiger partial charge < -0.3 is 41.3 Å². The molecule has 0 amide bonds. The Hall–Kier alpha value is -2.20. The molecule has 4 bridgehead atoms. The SMILES string of the molecule is CN1CCNCc2cc(C(C)(C)C)cc(c2O)CNCCN(C)CCNCc2cc(C(C)(C)C)cc(c2O)CNCC1. The van der Waals surface area contributed by atoms with Crippen LogP contribution in [0.3, 0.4) is 0 Å². The highest BCUT2D eigenvalue weighted by Crippen LogP contribution is 2.32. The van der Waals surface area contributed by atoms with E-state index in [0.717, 1.165) is 74.6 Å². The van der Waals surface area contributed by atoms with Gasteiger partial charge in [0.1, 0.15) is 11.5 Å². The van der Waals surface area contributed by atoms with Crippen LogP contribution >= 0.6 is 0 Å². The second-order valence-electron chi connectivity index (χ2n) is 14.1. The molecular weight excluding hydrogens is 524 g/mol. The van der Waals surface area contributed by atoms with Gasteiger partial charge >= 0.3 is 0 Å². The smallest absolute Gasteiger partial charge is 0.124 e. The third kappa shape index (κ3) is 10.5. The molecule has 42 heavy (non-hydrogen) atoms. The van der Waals surface area contributed by atoms with Gasteiger partial charge in [0.2, 0.25) is 0 Å². The summed E-state index contributed by atoms with van der Waals surface area (Å²) >= 11 is 0. The monoisotopic (exact) mass is 582 g/mol. The molecule has 0 saturated heterocycles. The van der Waals surface area contributed by atoms with Crippen molar-refractivity contribution in [3.63, 3.8) is 0 Å². The van der Waals surface area contributed by atoms with E-state index in [9.17, 15) is 10.2 Å². The minimum Gasteiger partial charge on any atom is -0.507 e. The Balaban J connectivity index is 1.73. The maximum Gasteiger partial charge on any atom is 0.124 e. The zero-order chi connectivity index (χ0) is 30.9. The topological polar surface area (TPSA) is 95.1 Å². The lowest BCUT2D eigenvalue weighted by Crippen LogP contribution is -2.34. The zero-order valence-corrected chi connectivity index (χ0v) is 27.6. The molecule has 0 aromatic heterocycles. The quantitative estimate of drug-likeness (QED) is 0.281. The van der Waals surface area contributed by atoms with Crippen LogP contribution in [-0.4, -0.2) is 86.5 Å². The van der Waals surface area contributed by atoms with Crippen LogP contribution in [-0.2, 0) is 37.0 Å². The Morgan fingerprint density at radius 3 is 0.952 bits per heavy atom. The lowest BCUT2D eigenvalue weighted by Gasteiger charge is -2.24. The standard InChI is InChI=1S/C34H58N6O2/c1-33(2,3)29-17-25-21-35-9-13-39(7)15-11-37-23-27-19-30(34(4,5)6)20-28(32(27)42)24-38-12-16-40(8)14-10-36-22-26(18-29)31(25)41/h17-20,35-38,41-42H,9-16,21-24H2,1-8H3. The Morgan fingerprint density at radius 1 is 0.500 bits per heavy atom. The van der Waals surface area contributed by atoms with E-state index in [0.29, 0.717) is 37.7 Å². The summed E-state index contributed by atoms with van der Waals surface area (Å²) in [7, 11) is 4.27. The highest BCUT2D eigenvalue weighted by molar-refractivity contribution is 5.46. The van der Waals surface area contributed by atoms with Gasteiger partial charge in [-0.15, -0.1) is 0 Å². The summed E-state index contributed by atoms with van der Waals surface area (Å²) in [5.41, 5.74) is 6.32. The Kier molecular flexibility index (Phi) is 12.7. The predicted molar refractivity (Wildman–Crippen MR) is 175 cm³/mol. The van der Waals surface area contributed by atoms with Crippen molar-refractivity contribution in [2.75, 3.05) is 66.5 Å². The third-order valence-corrected chi connectivity index (χ3v) is 8.21. The van der Waals surface area contributed by atoms with E-state index >= 15 is 0 Å². The number of nitrogens with one attached hydrogen (secondary N) is 4. The molecule has 0 spiro atoms. The van der Waals surface area contributed by atoms with E-state index in [2.05, 4.69) is 111 Å². The summed E-state index contributed by atoms with van der Waals surface area (Å²) in [5, 5.41) is 36.4. The summed E-state index contributed by atoms with van der Waals surface area (Å²) in [6.45, 7) is 22.8. The van der Waals surface area contributed by atoms with E-state index in [1.165, 1.54) is 11.1 Å². The first-order chi connectivity index (χ1) is 19.8. The van der Waals surface area contributed by atoms with E-state index in [4.69, 9.17) is 0 Å². The molecule has 0 radical (unpaired) electrons. The average Bonchev–Trinajstić information content (AvgIpc) is 2.90. The van der Waals surface area contributed by atoms with Crippen molar-refractivity contribution in [1.82, 2.24) is 31.1 Å². The molecule has 236 valence electrons. The van der Waals surface area contributed by atoms with Gasteiger partial charge in [0, 0.05) is 101 Å². The van der Waals surface area contributed by atoms with E-state index in [1.807, 2.05) is 0 Å². The number of hydrogen-bond donors (Lipinski definition) is 6. The molecule has 2 aromatic rings. The molecule has 1 aliphatic rings. The average molecular weight is 583 g/mol. The van der Waals surface area contributed by atoms with Gasteiger partial charge in [0.15, 0.2) is 0 Å². The number of likely N-dealkylation sites (N-methyl/N-ethyl adjacent to an activating group) is 2. The predicted octanol–water partition coefficient (Wildman–Crippen LogP) is 3.63. The summed E-state index contributed by atoms with van der Waals surface area (Å²) in [6.07, 6.45) is 0. The molecule has 8 heteroatoms. The molecule has 0 fully saturated rings. The van der Waals surface area contributed by atoms with Gasteiger partial charge in [-0.1, -0.05) is 65.8 Å². The minimum absolute atomic E-state index is 0.00564. The number of aromatic hydroxyl groups is 2. The van der Waals surface area contributed by atoms with Gasteiger partial charge in [-0.3, -0.25) is 0 Å². The van der Waals surface area contributed by atoms with Gasteiger partial charge in [0.05, 0.1) is 0 Å². The molecule has 1 aliphatic heterocycles. The molecule has 0 saturated carbocycles. The van der Waals surface area contributed by atoms with Crippen molar-refractivity contribution in [3.05, 3.63) is 57.6 Å². The van der Waals surface area contributed by atoms with Gasteiger partial charge in [-0.2, -0.15) is 0 Å². The Morgan fingerprint density at radius 2 is 0.738 bits per heavy atom. The van der Waals surface area contributed by atoms with E-state index in [1.54, 1.807) is 0 Å². The summed E-state index contributed by atoms with van der Waals surface area (Å²) < 4.78 is 0. The van der Waals surface area contributed by atoms with Crippen LogP contribution in [0.1, 0.15) is 74.9 Å². The van der Waals surface area contributed by atoms with Gasteiger partial charge in [-0.05, 0) is 36.1 Å². The molecular formula is C34H58N6O2. The zero-order valence-electron chi connectivity index (χ0n) is 27.6. The Bertz CT molecular complexity index is 982. The van der Waals surface area contributed by atoms with Crippen LogP contribution in [0.15, 0.2) is 24.3 Å². The third-order valence-electron chi connectivity index (χ3n) is 8.21. The van der Waals surface area contributed by atoms with Crippen molar-refractivity contribution in [2.45, 2.75) is 78.6 Å². The van der Waals surface area contributed by atoms with Gasteiger partial charge in [-0.25, -0.2) is 0 Å². The largest absolute Gasteiger partial charge is 0.507 e. The number of hydrogen-bond acceptors (Lipinski definition) is 8. The number of rotatable bonds is 0. The second-order valence-corrected chi connectivity index (χ2v) is 14.1. The number of benzene rings is 2. The van der Waals surface area contributed by atoms with Crippen LogP contribution in [0.5, 0.6) is 11.5 Å². The van der Waals surface area contributed by atoms with Crippen LogP contribution in [0, 0.1) is 0 Å². The van der Waals surface area contributed by atoms with Crippen molar-refractivity contribution in [2.24, 2.45) is 0 Å².